The molecule has 0 unspecified atom stereocenters. The van der Waals surface area contributed by atoms with Gasteiger partial charge in [0.25, 0.3) is 0 Å². The summed E-state index contributed by atoms with van der Waals surface area (Å²) in [6, 6.07) is 11.1. The molecule has 2 aromatic carbocycles. The van der Waals surface area contributed by atoms with Crippen LogP contribution in [0, 0.1) is 12.7 Å². The quantitative estimate of drug-likeness (QED) is 0.212. The zero-order valence-electron chi connectivity index (χ0n) is 18.0. The van der Waals surface area contributed by atoms with Crippen molar-refractivity contribution in [2.75, 3.05) is 34.5 Å². The first kappa shape index (κ1) is 26.1. The van der Waals surface area contributed by atoms with Crippen LogP contribution in [0.2, 0.25) is 0 Å². The van der Waals surface area contributed by atoms with Crippen LogP contribution in [0.4, 0.5) is 4.39 Å². The van der Waals surface area contributed by atoms with E-state index in [1.165, 1.54) is 6.07 Å². The molecule has 0 aliphatic rings. The molecule has 0 saturated heterocycles. The maximum absolute atomic E-state index is 13.8. The van der Waals surface area contributed by atoms with Crippen molar-refractivity contribution in [1.82, 2.24) is 10.6 Å². The first-order valence-electron chi connectivity index (χ1n) is 9.49. The van der Waals surface area contributed by atoms with E-state index in [4.69, 9.17) is 14.2 Å². The molecule has 0 heterocycles. The van der Waals surface area contributed by atoms with Crippen LogP contribution in [0.1, 0.15) is 22.3 Å². The molecule has 2 aromatic rings. The lowest BCUT2D eigenvalue weighted by Crippen LogP contribution is -2.36. The Balaban J connectivity index is 0.00000450. The van der Waals surface area contributed by atoms with Gasteiger partial charge in [-0.3, -0.25) is 4.99 Å². The Morgan fingerprint density at radius 1 is 0.967 bits per heavy atom. The van der Waals surface area contributed by atoms with Crippen molar-refractivity contribution in [2.45, 2.75) is 26.6 Å². The van der Waals surface area contributed by atoms with Crippen LogP contribution in [0.15, 0.2) is 41.4 Å². The Morgan fingerprint density at radius 3 is 2.43 bits per heavy atom. The monoisotopic (exact) mass is 531 g/mol. The third kappa shape index (κ3) is 8.45. The lowest BCUT2D eigenvalue weighted by molar-refractivity contribution is 0.145. The molecule has 2 rings (SSSR count). The zero-order valence-corrected chi connectivity index (χ0v) is 20.3. The van der Waals surface area contributed by atoms with Crippen LogP contribution in [-0.4, -0.2) is 40.4 Å². The van der Waals surface area contributed by atoms with Crippen molar-refractivity contribution in [2.24, 2.45) is 4.99 Å². The molecule has 0 aliphatic heterocycles. The summed E-state index contributed by atoms with van der Waals surface area (Å²) in [5.41, 5.74) is 3.64. The molecule has 0 amide bonds. The molecule has 0 aromatic heterocycles. The number of hydrogen-bond acceptors (Lipinski definition) is 4. The Bertz CT molecular complexity index is 818. The fourth-order valence-electron chi connectivity index (χ4n) is 2.77. The van der Waals surface area contributed by atoms with Gasteiger partial charge >= 0.3 is 0 Å². The number of aryl methyl sites for hydroxylation is 1. The third-order valence-electron chi connectivity index (χ3n) is 4.31. The molecule has 0 saturated carbocycles. The molecular formula is C22H31FIN3O3. The predicted octanol–water partition coefficient (Wildman–Crippen LogP) is 3.79. The molecule has 0 atom stereocenters. The number of ether oxygens (including phenoxy) is 3. The zero-order chi connectivity index (χ0) is 21.1. The van der Waals surface area contributed by atoms with E-state index in [0.29, 0.717) is 37.8 Å². The Kier molecular flexibility index (Phi) is 12.3. The van der Waals surface area contributed by atoms with Crippen LogP contribution < -0.4 is 15.4 Å². The molecule has 8 heteroatoms. The summed E-state index contributed by atoms with van der Waals surface area (Å²) in [4.78, 5) is 4.25. The van der Waals surface area contributed by atoms with Gasteiger partial charge in [-0.2, -0.15) is 0 Å². The molecule has 30 heavy (non-hydrogen) atoms. The highest BCUT2D eigenvalue weighted by Crippen LogP contribution is 2.20. The lowest BCUT2D eigenvalue weighted by atomic mass is 10.1. The number of guanidine groups is 1. The summed E-state index contributed by atoms with van der Waals surface area (Å²) < 4.78 is 29.7. The van der Waals surface area contributed by atoms with Crippen molar-refractivity contribution in [3.63, 3.8) is 0 Å². The fourth-order valence-corrected chi connectivity index (χ4v) is 2.77. The van der Waals surface area contributed by atoms with Gasteiger partial charge in [0.2, 0.25) is 0 Å². The molecular weight excluding hydrogens is 500 g/mol. The number of nitrogens with one attached hydrogen (secondary N) is 2. The van der Waals surface area contributed by atoms with Gasteiger partial charge in [-0.15, -0.1) is 24.0 Å². The highest BCUT2D eigenvalue weighted by molar-refractivity contribution is 14.0. The number of aliphatic imine (C=N–C) groups is 1. The maximum Gasteiger partial charge on any atom is 0.191 e. The fraction of sp³-hybridized carbons (Fsp3) is 0.409. The molecule has 166 valence electrons. The van der Waals surface area contributed by atoms with E-state index in [9.17, 15) is 4.39 Å². The second-order valence-corrected chi connectivity index (χ2v) is 6.59. The largest absolute Gasteiger partial charge is 0.491 e. The van der Waals surface area contributed by atoms with Crippen LogP contribution in [0.3, 0.4) is 0 Å². The summed E-state index contributed by atoms with van der Waals surface area (Å²) in [6.45, 7) is 4.37. The molecule has 6 nitrogen and oxygen atoms in total. The molecule has 0 fully saturated rings. The topological polar surface area (TPSA) is 64.1 Å². The summed E-state index contributed by atoms with van der Waals surface area (Å²) in [5.74, 6) is 1.21. The normalized spacial score (nSPS) is 11.0. The predicted molar refractivity (Wildman–Crippen MR) is 128 cm³/mol. The summed E-state index contributed by atoms with van der Waals surface area (Å²) in [7, 11) is 4.91. The highest BCUT2D eigenvalue weighted by Gasteiger charge is 2.07. The number of methoxy groups -OCH3 is 2. The van der Waals surface area contributed by atoms with Crippen LogP contribution in [0.5, 0.6) is 5.75 Å². The van der Waals surface area contributed by atoms with Crippen molar-refractivity contribution in [3.05, 3.63) is 64.5 Å². The number of hydrogen-bond donors (Lipinski definition) is 2. The Morgan fingerprint density at radius 2 is 1.73 bits per heavy atom. The Hall–Kier alpha value is -1.91. The smallest absolute Gasteiger partial charge is 0.191 e. The van der Waals surface area contributed by atoms with E-state index in [0.717, 1.165) is 22.4 Å². The minimum Gasteiger partial charge on any atom is -0.491 e. The van der Waals surface area contributed by atoms with E-state index in [1.807, 2.05) is 25.1 Å². The van der Waals surface area contributed by atoms with E-state index < -0.39 is 0 Å². The third-order valence-corrected chi connectivity index (χ3v) is 4.31. The maximum atomic E-state index is 13.8. The van der Waals surface area contributed by atoms with Gasteiger partial charge in [0.15, 0.2) is 5.96 Å². The summed E-state index contributed by atoms with van der Waals surface area (Å²) >= 11 is 0. The first-order chi connectivity index (χ1) is 14.1. The first-order valence-corrected chi connectivity index (χ1v) is 9.49. The molecule has 0 bridgehead atoms. The highest BCUT2D eigenvalue weighted by atomic mass is 127. The van der Waals surface area contributed by atoms with Gasteiger partial charge in [-0.1, -0.05) is 18.2 Å². The van der Waals surface area contributed by atoms with Crippen molar-refractivity contribution in [3.8, 4) is 5.75 Å². The van der Waals surface area contributed by atoms with Gasteiger partial charge in [-0.25, -0.2) is 4.39 Å². The van der Waals surface area contributed by atoms with E-state index in [-0.39, 0.29) is 36.4 Å². The number of benzene rings is 2. The van der Waals surface area contributed by atoms with Crippen molar-refractivity contribution < 1.29 is 18.6 Å². The number of halogens is 2. The van der Waals surface area contributed by atoms with E-state index in [1.54, 1.807) is 33.4 Å². The minimum absolute atomic E-state index is 0. The van der Waals surface area contributed by atoms with Gasteiger partial charge in [-0.05, 0) is 36.2 Å². The molecule has 0 radical (unpaired) electrons. The van der Waals surface area contributed by atoms with Crippen molar-refractivity contribution in [1.29, 1.82) is 0 Å². The Labute approximate surface area is 195 Å². The second-order valence-electron chi connectivity index (χ2n) is 6.59. The standard InChI is InChI=1S/C22H30FN3O3.HI/c1-16-5-7-18(21(11-16)29-10-9-27-3)14-26-22(24-2)25-13-17-6-8-20(23)19(12-17)15-28-4;/h5-8,11-12H,9-10,13-15H2,1-4H3,(H2,24,25,26);1H. The number of rotatable bonds is 10. The van der Waals surface area contributed by atoms with Crippen LogP contribution in [-0.2, 0) is 29.2 Å². The SMILES string of the molecule is CN=C(NCc1ccc(F)c(COC)c1)NCc1ccc(C)cc1OCCOC.I. The van der Waals surface area contributed by atoms with Gasteiger partial charge in [0.1, 0.15) is 18.2 Å². The average molecular weight is 531 g/mol. The molecule has 0 aliphatic carbocycles. The van der Waals surface area contributed by atoms with Crippen LogP contribution in [0.25, 0.3) is 0 Å². The lowest BCUT2D eigenvalue weighted by Gasteiger charge is -2.16. The van der Waals surface area contributed by atoms with Gasteiger partial charge in [0, 0.05) is 45.5 Å². The van der Waals surface area contributed by atoms with Crippen molar-refractivity contribution >= 4 is 29.9 Å². The van der Waals surface area contributed by atoms with Gasteiger partial charge in [0.05, 0.1) is 13.2 Å². The second kappa shape index (κ2) is 14.2. The molecule has 2 N–H and O–H groups in total. The average Bonchev–Trinajstić information content (AvgIpc) is 2.72. The van der Waals surface area contributed by atoms with E-state index in [2.05, 4.69) is 15.6 Å². The van der Waals surface area contributed by atoms with Crippen LogP contribution >= 0.6 is 24.0 Å². The molecule has 0 spiro atoms. The minimum atomic E-state index is -0.265. The number of nitrogens with zero attached hydrogens (tertiary/aromatic N) is 1. The summed E-state index contributed by atoms with van der Waals surface area (Å²) in [5, 5.41) is 6.53. The van der Waals surface area contributed by atoms with Gasteiger partial charge < -0.3 is 24.8 Å². The summed E-state index contributed by atoms with van der Waals surface area (Å²) in [6.07, 6.45) is 0. The van der Waals surface area contributed by atoms with E-state index >= 15 is 0 Å².